The summed E-state index contributed by atoms with van der Waals surface area (Å²) in [5.74, 6) is 0.332. The quantitative estimate of drug-likeness (QED) is 0.472. The van der Waals surface area contributed by atoms with Crippen LogP contribution < -0.4 is 4.72 Å². The molecule has 0 spiro atoms. The zero-order valence-corrected chi connectivity index (χ0v) is 19.3. The van der Waals surface area contributed by atoms with Gasteiger partial charge in [0.15, 0.2) is 20.5 Å². The maximum Gasteiger partial charge on any atom is 0.267 e. The van der Waals surface area contributed by atoms with Crippen molar-refractivity contribution >= 4 is 48.9 Å². The average Bonchev–Trinajstić information content (AvgIpc) is 3.02. The number of para-hydroxylation sites is 1. The number of aromatic nitrogens is 1. The molecule has 0 atom stereocenters. The molecule has 0 amide bonds. The molecule has 11 heteroatoms. The maximum absolute atomic E-state index is 12.8. The van der Waals surface area contributed by atoms with Gasteiger partial charge in [-0.25, -0.2) is 16.8 Å². The van der Waals surface area contributed by atoms with Crippen LogP contribution in [0.5, 0.6) is 0 Å². The molecule has 3 rings (SSSR count). The highest BCUT2D eigenvalue weighted by atomic mass is 35.5. The van der Waals surface area contributed by atoms with Crippen LogP contribution in [0.15, 0.2) is 67.7 Å². The van der Waals surface area contributed by atoms with Gasteiger partial charge in [-0.05, 0) is 50.2 Å². The lowest BCUT2D eigenvalue weighted by molar-refractivity contribution is 0.390. The van der Waals surface area contributed by atoms with Crippen molar-refractivity contribution in [1.29, 1.82) is 0 Å². The van der Waals surface area contributed by atoms with Gasteiger partial charge in [-0.3, -0.25) is 4.72 Å². The van der Waals surface area contributed by atoms with Gasteiger partial charge in [-0.1, -0.05) is 28.9 Å². The summed E-state index contributed by atoms with van der Waals surface area (Å²) in [5, 5.41) is 4.14. The molecule has 1 N–H and O–H groups in total. The lowest BCUT2D eigenvalue weighted by Gasteiger charge is -2.12. The molecule has 1 aromatic heterocycles. The van der Waals surface area contributed by atoms with E-state index in [0.29, 0.717) is 15.6 Å². The van der Waals surface area contributed by atoms with Crippen molar-refractivity contribution in [2.75, 3.05) is 16.2 Å². The Morgan fingerprint density at radius 2 is 1.70 bits per heavy atom. The number of hydrogen-bond acceptors (Lipinski definition) is 7. The third kappa shape index (κ3) is 5.18. The molecule has 0 radical (unpaired) electrons. The van der Waals surface area contributed by atoms with E-state index in [-0.39, 0.29) is 32.8 Å². The van der Waals surface area contributed by atoms with Crippen molar-refractivity contribution in [3.05, 3.63) is 65.0 Å². The van der Waals surface area contributed by atoms with Gasteiger partial charge in [0.05, 0.1) is 16.3 Å². The smallest absolute Gasteiger partial charge is 0.267 e. The van der Waals surface area contributed by atoms with E-state index in [0.717, 1.165) is 0 Å². The molecular formula is C19H19ClN2O5S3. The summed E-state index contributed by atoms with van der Waals surface area (Å²) >= 11 is 7.05. The zero-order chi connectivity index (χ0) is 21.9. The monoisotopic (exact) mass is 486 g/mol. The molecule has 0 aliphatic rings. The van der Waals surface area contributed by atoms with Gasteiger partial charge < -0.3 is 4.52 Å². The number of rotatable bonds is 8. The molecule has 0 bridgehead atoms. The van der Waals surface area contributed by atoms with Crippen LogP contribution in [0.1, 0.15) is 11.5 Å². The van der Waals surface area contributed by atoms with Gasteiger partial charge in [0, 0.05) is 15.7 Å². The summed E-state index contributed by atoms with van der Waals surface area (Å²) < 4.78 is 58.0. The predicted molar refractivity (Wildman–Crippen MR) is 117 cm³/mol. The normalized spacial score (nSPS) is 12.1. The Bertz CT molecular complexity index is 1230. The van der Waals surface area contributed by atoms with Crippen molar-refractivity contribution in [3.8, 4) is 0 Å². The van der Waals surface area contributed by atoms with Crippen molar-refractivity contribution in [3.63, 3.8) is 0 Å². The first-order chi connectivity index (χ1) is 14.1. The molecule has 0 fully saturated rings. The number of hydrogen-bond donors (Lipinski definition) is 1. The van der Waals surface area contributed by atoms with E-state index in [1.165, 1.54) is 43.0 Å². The number of anilines is 1. The molecule has 0 aliphatic carbocycles. The summed E-state index contributed by atoms with van der Waals surface area (Å²) in [5.41, 5.74) is 0.616. The van der Waals surface area contributed by atoms with Crippen molar-refractivity contribution < 1.29 is 21.4 Å². The molecule has 0 saturated heterocycles. The van der Waals surface area contributed by atoms with Crippen LogP contribution >= 0.6 is 23.4 Å². The van der Waals surface area contributed by atoms with Crippen LogP contribution in [-0.2, 0) is 19.9 Å². The molecule has 2 aromatic carbocycles. The number of halogens is 1. The minimum Gasteiger partial charge on any atom is -0.360 e. The highest BCUT2D eigenvalue weighted by Crippen LogP contribution is 2.31. The van der Waals surface area contributed by atoms with Gasteiger partial charge >= 0.3 is 0 Å². The van der Waals surface area contributed by atoms with E-state index in [9.17, 15) is 16.8 Å². The van der Waals surface area contributed by atoms with E-state index >= 15 is 0 Å². The molecular weight excluding hydrogens is 468 g/mol. The van der Waals surface area contributed by atoms with Crippen molar-refractivity contribution in [1.82, 2.24) is 5.16 Å². The maximum atomic E-state index is 12.8. The number of aryl methyl sites for hydroxylation is 2. The predicted octanol–water partition coefficient (Wildman–Crippen LogP) is 4.31. The van der Waals surface area contributed by atoms with Crippen LogP contribution in [0, 0.1) is 13.8 Å². The van der Waals surface area contributed by atoms with E-state index < -0.39 is 19.9 Å². The first kappa shape index (κ1) is 22.7. The second kappa shape index (κ2) is 9.01. The van der Waals surface area contributed by atoms with Crippen LogP contribution in [0.25, 0.3) is 0 Å². The van der Waals surface area contributed by atoms with E-state index in [2.05, 4.69) is 9.88 Å². The number of thioether (sulfide) groups is 1. The van der Waals surface area contributed by atoms with Crippen molar-refractivity contribution in [2.45, 2.75) is 28.5 Å². The fourth-order valence-electron chi connectivity index (χ4n) is 2.75. The second-order valence-electron chi connectivity index (χ2n) is 6.38. The topological polar surface area (TPSA) is 106 Å². The summed E-state index contributed by atoms with van der Waals surface area (Å²) in [6, 6.07) is 12.8. The Labute approximate surface area is 184 Å². The summed E-state index contributed by atoms with van der Waals surface area (Å²) in [4.78, 5) is 0.798. The summed E-state index contributed by atoms with van der Waals surface area (Å²) in [7, 11) is -7.39. The van der Waals surface area contributed by atoms with Gasteiger partial charge in [-0.2, -0.15) is 0 Å². The molecule has 0 unspecified atom stereocenters. The van der Waals surface area contributed by atoms with Gasteiger partial charge in [0.1, 0.15) is 5.69 Å². The molecule has 30 heavy (non-hydrogen) atoms. The van der Waals surface area contributed by atoms with E-state index in [4.69, 9.17) is 16.1 Å². The van der Waals surface area contributed by atoms with E-state index in [1.54, 1.807) is 31.2 Å². The van der Waals surface area contributed by atoms with Gasteiger partial charge in [-0.15, -0.1) is 11.8 Å². The number of nitrogens with zero attached hydrogens (tertiary/aromatic N) is 1. The Kier molecular flexibility index (Phi) is 6.81. The highest BCUT2D eigenvalue weighted by molar-refractivity contribution is 8.01. The van der Waals surface area contributed by atoms with Gasteiger partial charge in [0.25, 0.3) is 10.0 Å². The number of nitrogens with one attached hydrogen (secondary N) is 1. The summed E-state index contributed by atoms with van der Waals surface area (Å²) in [6.45, 7) is 3.07. The van der Waals surface area contributed by atoms with Crippen molar-refractivity contribution in [2.24, 2.45) is 0 Å². The largest absolute Gasteiger partial charge is 0.360 e. The molecule has 7 nitrogen and oxygen atoms in total. The first-order valence-corrected chi connectivity index (χ1v) is 13.3. The zero-order valence-electron chi connectivity index (χ0n) is 16.1. The fraction of sp³-hybridized carbons (Fsp3) is 0.211. The average molecular weight is 487 g/mol. The SMILES string of the molecule is Cc1noc(C)c1S(=O)(=O)Nc1ccccc1SCCS(=O)(=O)c1ccc(Cl)cc1. The minimum absolute atomic E-state index is 0.00683. The van der Waals surface area contributed by atoms with E-state index in [1.807, 2.05) is 0 Å². The Morgan fingerprint density at radius 3 is 2.33 bits per heavy atom. The lowest BCUT2D eigenvalue weighted by Crippen LogP contribution is -2.15. The van der Waals surface area contributed by atoms with Crippen LogP contribution in [0.3, 0.4) is 0 Å². The van der Waals surface area contributed by atoms with Crippen LogP contribution in [-0.4, -0.2) is 33.5 Å². The lowest BCUT2D eigenvalue weighted by atomic mass is 10.3. The number of benzene rings is 2. The minimum atomic E-state index is -3.90. The Hall–Kier alpha value is -2.01. The Morgan fingerprint density at radius 1 is 1.03 bits per heavy atom. The Balaban J connectivity index is 1.74. The number of sulfonamides is 1. The summed E-state index contributed by atoms with van der Waals surface area (Å²) in [6.07, 6.45) is 0. The highest BCUT2D eigenvalue weighted by Gasteiger charge is 2.25. The third-order valence-corrected chi connectivity index (χ3v) is 9.08. The number of sulfone groups is 1. The molecule has 1 heterocycles. The fourth-order valence-corrected chi connectivity index (χ4v) is 7.02. The second-order valence-corrected chi connectivity index (χ2v) is 11.7. The van der Waals surface area contributed by atoms with Crippen LogP contribution in [0.2, 0.25) is 5.02 Å². The third-order valence-electron chi connectivity index (χ3n) is 4.15. The molecule has 0 saturated carbocycles. The molecule has 3 aromatic rings. The molecule has 0 aliphatic heterocycles. The standard InChI is InChI=1S/C19H19ClN2O5S3/c1-13-19(14(2)27-21-13)30(25,26)22-17-5-3-4-6-18(17)28-11-12-29(23,24)16-9-7-15(20)8-10-16/h3-10,22H,11-12H2,1-2H3. The van der Waals surface area contributed by atoms with Crippen LogP contribution in [0.4, 0.5) is 5.69 Å². The van der Waals surface area contributed by atoms with Gasteiger partial charge in [0.2, 0.25) is 0 Å². The molecule has 160 valence electrons. The first-order valence-electron chi connectivity index (χ1n) is 8.76.